The molecular weight excluding hydrogens is 316 g/mol. The number of alkyl halides is 2. The summed E-state index contributed by atoms with van der Waals surface area (Å²) in [6, 6.07) is 13.2. The van der Waals surface area contributed by atoms with E-state index in [0.29, 0.717) is 32.9 Å². The Bertz CT molecular complexity index is 602. The summed E-state index contributed by atoms with van der Waals surface area (Å²) >= 11 is 6.25. The highest BCUT2D eigenvalue weighted by molar-refractivity contribution is 7.99. The predicted molar refractivity (Wildman–Crippen MR) is 82.6 cm³/mol. The quantitative estimate of drug-likeness (QED) is 0.601. The van der Waals surface area contributed by atoms with E-state index >= 15 is 0 Å². The minimum absolute atomic E-state index is 0.0716. The average molecular weight is 328 g/mol. The van der Waals surface area contributed by atoms with Crippen molar-refractivity contribution in [2.45, 2.75) is 10.7 Å². The first-order valence-corrected chi connectivity index (χ1v) is 7.38. The van der Waals surface area contributed by atoms with Gasteiger partial charge in [-0.2, -0.15) is 8.78 Å². The molecule has 0 aliphatic rings. The molecule has 2 rings (SSSR count). The molecule has 0 atom stereocenters. The first kappa shape index (κ1) is 15.8. The van der Waals surface area contributed by atoms with Crippen LogP contribution in [0.5, 0.6) is 0 Å². The van der Waals surface area contributed by atoms with Gasteiger partial charge in [-0.1, -0.05) is 23.4 Å². The fourth-order valence-electron chi connectivity index (χ4n) is 1.67. The monoisotopic (exact) mass is 327 g/mol. The van der Waals surface area contributed by atoms with Gasteiger partial charge in [0.25, 0.3) is 5.76 Å². The molecule has 2 aromatic carbocycles. The fraction of sp³-hybridized carbons (Fsp3) is 0.133. The molecule has 0 spiro atoms. The van der Waals surface area contributed by atoms with E-state index in [9.17, 15) is 13.6 Å². The van der Waals surface area contributed by atoms with Crippen LogP contribution in [0.4, 0.5) is 14.5 Å². The zero-order valence-corrected chi connectivity index (χ0v) is 12.4. The Morgan fingerprint density at radius 1 is 1.10 bits per heavy atom. The number of thioether (sulfide) groups is 1. The number of benzene rings is 2. The highest BCUT2D eigenvalue weighted by Gasteiger charge is 2.07. The molecule has 6 heteroatoms. The van der Waals surface area contributed by atoms with Crippen molar-refractivity contribution in [1.29, 1.82) is 0 Å². The zero-order valence-electron chi connectivity index (χ0n) is 10.9. The first-order valence-electron chi connectivity index (χ1n) is 6.12. The molecule has 0 aromatic heterocycles. The van der Waals surface area contributed by atoms with Crippen molar-refractivity contribution >= 4 is 34.8 Å². The predicted octanol–water partition coefficient (Wildman–Crippen LogP) is 4.95. The van der Waals surface area contributed by atoms with Crippen LogP contribution in [0.15, 0.2) is 53.4 Å². The molecule has 21 heavy (non-hydrogen) atoms. The number of carbonyl (C=O) groups is 1. The average Bonchev–Trinajstić information content (AvgIpc) is 2.46. The number of halogens is 3. The number of anilines is 1. The molecule has 0 saturated carbocycles. The Morgan fingerprint density at radius 2 is 1.71 bits per heavy atom. The maximum absolute atomic E-state index is 12.2. The zero-order chi connectivity index (χ0) is 15.2. The van der Waals surface area contributed by atoms with Crippen LogP contribution in [0.3, 0.4) is 0 Å². The molecule has 0 aliphatic carbocycles. The standard InChI is InChI=1S/C15H12ClF2NOS/c16-11-3-1-10(2-4-11)14(20)9-19-12-5-7-13(8-6-12)21-15(17)18/h1-8,15,19H,9H2. The lowest BCUT2D eigenvalue weighted by molar-refractivity contribution is 0.101. The molecule has 1 N–H and O–H groups in total. The molecule has 2 nitrogen and oxygen atoms in total. The van der Waals surface area contributed by atoms with E-state index in [2.05, 4.69) is 5.32 Å². The Morgan fingerprint density at radius 3 is 2.29 bits per heavy atom. The van der Waals surface area contributed by atoms with Crippen molar-refractivity contribution in [2.75, 3.05) is 11.9 Å². The number of nitrogens with one attached hydrogen (secondary N) is 1. The van der Waals surface area contributed by atoms with Gasteiger partial charge in [0.1, 0.15) is 0 Å². The minimum atomic E-state index is -2.43. The summed E-state index contributed by atoms with van der Waals surface area (Å²) in [6.45, 7) is 0.128. The van der Waals surface area contributed by atoms with Crippen molar-refractivity contribution in [3.8, 4) is 0 Å². The van der Waals surface area contributed by atoms with Crippen LogP contribution in [0.25, 0.3) is 0 Å². The van der Waals surface area contributed by atoms with E-state index in [-0.39, 0.29) is 12.3 Å². The van der Waals surface area contributed by atoms with Gasteiger partial charge in [-0.3, -0.25) is 4.79 Å². The Labute approximate surface area is 130 Å². The van der Waals surface area contributed by atoms with Gasteiger partial charge in [0, 0.05) is 21.2 Å². The molecule has 0 radical (unpaired) electrons. The number of hydrogen-bond acceptors (Lipinski definition) is 3. The maximum atomic E-state index is 12.2. The molecule has 0 amide bonds. The molecule has 2 aromatic rings. The summed E-state index contributed by atoms with van der Waals surface area (Å²) in [5.41, 5.74) is 1.27. The van der Waals surface area contributed by atoms with Crippen molar-refractivity contribution in [3.05, 3.63) is 59.1 Å². The van der Waals surface area contributed by atoms with Crippen LogP contribution < -0.4 is 5.32 Å². The second-order valence-electron chi connectivity index (χ2n) is 4.19. The highest BCUT2D eigenvalue weighted by Crippen LogP contribution is 2.26. The normalized spacial score (nSPS) is 10.7. The van der Waals surface area contributed by atoms with Crippen molar-refractivity contribution in [2.24, 2.45) is 0 Å². The van der Waals surface area contributed by atoms with Crippen molar-refractivity contribution in [3.63, 3.8) is 0 Å². The van der Waals surface area contributed by atoms with E-state index in [1.807, 2.05) is 0 Å². The first-order chi connectivity index (χ1) is 10.0. The van der Waals surface area contributed by atoms with E-state index in [4.69, 9.17) is 11.6 Å². The maximum Gasteiger partial charge on any atom is 0.288 e. The molecular formula is C15H12ClF2NOS. The van der Waals surface area contributed by atoms with Crippen molar-refractivity contribution < 1.29 is 13.6 Å². The summed E-state index contributed by atoms with van der Waals surface area (Å²) in [7, 11) is 0. The molecule has 0 unspecified atom stereocenters. The molecule has 0 heterocycles. The Kier molecular flexibility index (Phi) is 5.59. The lowest BCUT2D eigenvalue weighted by Crippen LogP contribution is -2.13. The van der Waals surface area contributed by atoms with Gasteiger partial charge in [-0.15, -0.1) is 0 Å². The number of ketones is 1. The third-order valence-electron chi connectivity index (χ3n) is 2.70. The van der Waals surface area contributed by atoms with Crippen LogP contribution in [-0.2, 0) is 0 Å². The third-order valence-corrected chi connectivity index (χ3v) is 3.67. The van der Waals surface area contributed by atoms with Crippen LogP contribution in [0, 0.1) is 0 Å². The summed E-state index contributed by atoms with van der Waals surface area (Å²) in [4.78, 5) is 12.4. The summed E-state index contributed by atoms with van der Waals surface area (Å²) in [5.74, 6) is -2.51. The van der Waals surface area contributed by atoms with Gasteiger partial charge in [-0.25, -0.2) is 0 Å². The highest BCUT2D eigenvalue weighted by atomic mass is 35.5. The summed E-state index contributed by atoms with van der Waals surface area (Å²) < 4.78 is 24.4. The molecule has 0 saturated heterocycles. The van der Waals surface area contributed by atoms with Gasteiger partial charge < -0.3 is 5.32 Å². The second kappa shape index (κ2) is 7.43. The smallest absolute Gasteiger partial charge is 0.288 e. The number of Topliss-reactive ketones (excluding diaryl/α,β-unsaturated/α-hetero) is 1. The Hall–Kier alpha value is -1.59. The van der Waals surface area contributed by atoms with E-state index in [0.717, 1.165) is 0 Å². The topological polar surface area (TPSA) is 29.1 Å². The van der Waals surface area contributed by atoms with Crippen LogP contribution in [0.1, 0.15) is 10.4 Å². The third kappa shape index (κ3) is 5.02. The van der Waals surface area contributed by atoms with Gasteiger partial charge in [0.15, 0.2) is 5.78 Å². The van der Waals surface area contributed by atoms with Gasteiger partial charge in [-0.05, 0) is 48.5 Å². The molecule has 0 bridgehead atoms. The number of hydrogen-bond donors (Lipinski definition) is 1. The van der Waals surface area contributed by atoms with Crippen LogP contribution >= 0.6 is 23.4 Å². The summed E-state index contributed by atoms with van der Waals surface area (Å²) in [6.07, 6.45) is 0. The fourth-order valence-corrected chi connectivity index (χ4v) is 2.30. The van der Waals surface area contributed by atoms with Gasteiger partial charge in [0.05, 0.1) is 6.54 Å². The number of carbonyl (C=O) groups excluding carboxylic acids is 1. The molecule has 110 valence electrons. The Balaban J connectivity index is 1.90. The molecule has 0 aliphatic heterocycles. The lowest BCUT2D eigenvalue weighted by Gasteiger charge is -2.07. The lowest BCUT2D eigenvalue weighted by atomic mass is 10.1. The van der Waals surface area contributed by atoms with E-state index < -0.39 is 5.76 Å². The van der Waals surface area contributed by atoms with Crippen LogP contribution in [0.2, 0.25) is 5.02 Å². The van der Waals surface area contributed by atoms with E-state index in [1.54, 1.807) is 48.5 Å². The van der Waals surface area contributed by atoms with Crippen molar-refractivity contribution in [1.82, 2.24) is 0 Å². The van der Waals surface area contributed by atoms with Gasteiger partial charge >= 0.3 is 0 Å². The largest absolute Gasteiger partial charge is 0.378 e. The van der Waals surface area contributed by atoms with E-state index in [1.165, 1.54) is 0 Å². The van der Waals surface area contributed by atoms with Crippen LogP contribution in [-0.4, -0.2) is 18.1 Å². The second-order valence-corrected chi connectivity index (χ2v) is 5.69. The SMILES string of the molecule is O=C(CNc1ccc(SC(F)F)cc1)c1ccc(Cl)cc1. The summed E-state index contributed by atoms with van der Waals surface area (Å²) in [5, 5.41) is 3.53. The number of rotatable bonds is 6. The minimum Gasteiger partial charge on any atom is -0.378 e. The molecule has 0 fully saturated rings. The van der Waals surface area contributed by atoms with Gasteiger partial charge in [0.2, 0.25) is 0 Å².